The third-order valence-corrected chi connectivity index (χ3v) is 6.09. The number of benzene rings is 3. The summed E-state index contributed by atoms with van der Waals surface area (Å²) in [6, 6.07) is 22.2. The molecule has 0 heterocycles. The molecule has 0 fully saturated rings. The van der Waals surface area contributed by atoms with Crippen LogP contribution >= 0.6 is 0 Å². The zero-order chi connectivity index (χ0) is 26.2. The molecule has 1 unspecified atom stereocenters. The first-order chi connectivity index (χ1) is 17.1. The fourth-order valence-corrected chi connectivity index (χ4v) is 3.89. The minimum Gasteiger partial charge on any atom is -0.493 e. The molecule has 0 aromatic heterocycles. The number of carbonyl (C=O) groups is 1. The summed E-state index contributed by atoms with van der Waals surface area (Å²) >= 11 is 0. The van der Waals surface area contributed by atoms with Gasteiger partial charge >= 0.3 is 16.1 Å². The van der Waals surface area contributed by atoms with Gasteiger partial charge in [0.1, 0.15) is 17.2 Å². The van der Waals surface area contributed by atoms with Crippen LogP contribution in [0.15, 0.2) is 72.8 Å². The Bertz CT molecular complexity index is 1230. The van der Waals surface area contributed by atoms with Crippen molar-refractivity contribution in [3.05, 3.63) is 78.4 Å². The summed E-state index contributed by atoms with van der Waals surface area (Å²) < 4.78 is 44.2. The van der Waals surface area contributed by atoms with Crippen LogP contribution in [-0.4, -0.2) is 39.5 Å². The normalized spacial score (nSPS) is 12.9. The molecule has 8 heteroatoms. The lowest BCUT2D eigenvalue weighted by atomic mass is 10.0. The first-order valence-electron chi connectivity index (χ1n) is 11.8. The number of hydrogen-bond donors (Lipinski definition) is 0. The topological polar surface area (TPSA) is 88.1 Å². The summed E-state index contributed by atoms with van der Waals surface area (Å²) in [5, 5.41) is 0. The van der Waals surface area contributed by atoms with Gasteiger partial charge < -0.3 is 18.4 Å². The van der Waals surface area contributed by atoms with Gasteiger partial charge in [-0.3, -0.25) is 0 Å². The van der Waals surface area contributed by atoms with Gasteiger partial charge in [-0.25, -0.2) is 4.79 Å². The van der Waals surface area contributed by atoms with Gasteiger partial charge in [0.25, 0.3) is 0 Å². The molecule has 0 saturated heterocycles. The van der Waals surface area contributed by atoms with Crippen LogP contribution in [0.1, 0.15) is 32.8 Å². The van der Waals surface area contributed by atoms with E-state index in [1.807, 2.05) is 55.5 Å². The monoisotopic (exact) mass is 512 g/mol. The minimum absolute atomic E-state index is 0.285. The smallest absolute Gasteiger partial charge is 0.350 e. The van der Waals surface area contributed by atoms with Gasteiger partial charge in [-0.2, -0.15) is 8.42 Å². The number of hydrogen-bond acceptors (Lipinski definition) is 7. The van der Waals surface area contributed by atoms with Gasteiger partial charge in [-0.05, 0) is 73.4 Å². The number of carbonyl (C=O) groups excluding carboxylic acids is 1. The van der Waals surface area contributed by atoms with E-state index < -0.39 is 15.7 Å². The van der Waals surface area contributed by atoms with Crippen molar-refractivity contribution in [3.8, 4) is 28.4 Å². The lowest BCUT2D eigenvalue weighted by Crippen LogP contribution is -2.42. The fourth-order valence-electron chi connectivity index (χ4n) is 3.43. The van der Waals surface area contributed by atoms with E-state index in [-0.39, 0.29) is 11.7 Å². The molecule has 0 aliphatic heterocycles. The van der Waals surface area contributed by atoms with Gasteiger partial charge in [-0.1, -0.05) is 43.3 Å². The zero-order valence-corrected chi connectivity index (χ0v) is 21.8. The summed E-state index contributed by atoms with van der Waals surface area (Å²) in [4.78, 5) is 12.2. The summed E-state index contributed by atoms with van der Waals surface area (Å²) in [5.41, 5.74) is 2.08. The molecule has 192 valence electrons. The maximum absolute atomic E-state index is 12.2. The van der Waals surface area contributed by atoms with E-state index in [0.717, 1.165) is 29.4 Å². The maximum Gasteiger partial charge on any atom is 0.350 e. The average Bonchev–Trinajstić information content (AvgIpc) is 2.85. The second-order valence-corrected chi connectivity index (χ2v) is 10.1. The van der Waals surface area contributed by atoms with Gasteiger partial charge in [0.15, 0.2) is 0 Å². The first-order valence-corrected chi connectivity index (χ1v) is 13.6. The van der Waals surface area contributed by atoms with Crippen molar-refractivity contribution < 1.29 is 31.6 Å². The molecule has 0 radical (unpaired) electrons. The second kappa shape index (κ2) is 11.9. The van der Waals surface area contributed by atoms with E-state index in [4.69, 9.17) is 18.4 Å². The zero-order valence-electron chi connectivity index (χ0n) is 21.0. The maximum atomic E-state index is 12.2. The van der Waals surface area contributed by atoms with Crippen molar-refractivity contribution in [2.24, 2.45) is 0 Å². The van der Waals surface area contributed by atoms with Crippen LogP contribution in [0.5, 0.6) is 17.2 Å². The summed E-state index contributed by atoms with van der Waals surface area (Å²) in [7, 11) is -3.54. The van der Waals surface area contributed by atoms with Crippen LogP contribution < -0.4 is 13.7 Å². The molecule has 7 nitrogen and oxygen atoms in total. The molecule has 0 saturated carbocycles. The van der Waals surface area contributed by atoms with Crippen LogP contribution in [0, 0.1) is 0 Å². The Morgan fingerprint density at radius 1 is 0.806 bits per heavy atom. The molecule has 0 amide bonds. The predicted molar refractivity (Wildman–Crippen MR) is 139 cm³/mol. The molecule has 3 aromatic carbocycles. The highest BCUT2D eigenvalue weighted by atomic mass is 32.2. The molecular formula is C28H32O7S. The molecule has 1 atom stereocenters. The van der Waals surface area contributed by atoms with Gasteiger partial charge in [0.05, 0.1) is 19.5 Å². The second-order valence-electron chi connectivity index (χ2n) is 8.49. The lowest BCUT2D eigenvalue weighted by molar-refractivity contribution is -0.160. The molecular weight excluding hydrogens is 480 g/mol. The van der Waals surface area contributed by atoms with Crippen molar-refractivity contribution in [2.75, 3.05) is 19.5 Å². The molecule has 3 rings (SSSR count). The SMILES string of the molecule is CCOC(=O)C(C)(CC)Oc1ccc(OCCc2ccc(-c3ccc(OS(C)(=O)=O)cc3)cc2)cc1. The summed E-state index contributed by atoms with van der Waals surface area (Å²) in [6.07, 6.45) is 2.24. The Morgan fingerprint density at radius 3 is 1.86 bits per heavy atom. The number of rotatable bonds is 12. The fraction of sp³-hybridized carbons (Fsp3) is 0.321. The Morgan fingerprint density at radius 2 is 1.33 bits per heavy atom. The van der Waals surface area contributed by atoms with Crippen molar-refractivity contribution in [1.82, 2.24) is 0 Å². The van der Waals surface area contributed by atoms with Crippen LogP contribution in [-0.2, 0) is 26.1 Å². The Hall–Kier alpha value is -3.52. The average molecular weight is 513 g/mol. The van der Waals surface area contributed by atoms with Crippen LogP contribution in [0.4, 0.5) is 0 Å². The van der Waals surface area contributed by atoms with Gasteiger partial charge in [0.2, 0.25) is 5.60 Å². The lowest BCUT2D eigenvalue weighted by Gasteiger charge is -2.27. The summed E-state index contributed by atoms with van der Waals surface area (Å²) in [5.74, 6) is 1.20. The highest BCUT2D eigenvalue weighted by molar-refractivity contribution is 7.86. The van der Waals surface area contributed by atoms with Crippen molar-refractivity contribution in [3.63, 3.8) is 0 Å². The minimum atomic E-state index is -3.54. The Labute approximate surface area is 213 Å². The highest BCUT2D eigenvalue weighted by Gasteiger charge is 2.35. The predicted octanol–water partition coefficient (Wildman–Crippen LogP) is 5.42. The van der Waals surface area contributed by atoms with Gasteiger partial charge in [-0.15, -0.1) is 0 Å². The Balaban J connectivity index is 1.51. The largest absolute Gasteiger partial charge is 0.493 e. The number of ether oxygens (including phenoxy) is 3. The molecule has 0 aliphatic carbocycles. The van der Waals surface area contributed by atoms with Crippen LogP contribution in [0.2, 0.25) is 0 Å². The van der Waals surface area contributed by atoms with E-state index in [9.17, 15) is 13.2 Å². The van der Waals surface area contributed by atoms with Crippen LogP contribution in [0.3, 0.4) is 0 Å². The molecule has 36 heavy (non-hydrogen) atoms. The Kier molecular flexibility index (Phi) is 8.98. The number of esters is 1. The third-order valence-electron chi connectivity index (χ3n) is 5.60. The molecule has 0 spiro atoms. The molecule has 0 N–H and O–H groups in total. The molecule has 3 aromatic rings. The first kappa shape index (κ1) is 27.1. The van der Waals surface area contributed by atoms with E-state index in [1.165, 1.54) is 0 Å². The van der Waals surface area contributed by atoms with Crippen molar-refractivity contribution in [1.29, 1.82) is 0 Å². The highest BCUT2D eigenvalue weighted by Crippen LogP contribution is 2.26. The van der Waals surface area contributed by atoms with E-state index in [0.29, 0.717) is 31.1 Å². The summed E-state index contributed by atoms with van der Waals surface area (Å²) in [6.45, 7) is 6.19. The van der Waals surface area contributed by atoms with E-state index >= 15 is 0 Å². The quantitative estimate of drug-likeness (QED) is 0.236. The van der Waals surface area contributed by atoms with E-state index in [2.05, 4.69) is 0 Å². The van der Waals surface area contributed by atoms with E-state index in [1.54, 1.807) is 38.1 Å². The standard InChI is InChI=1S/C28H32O7S/c1-5-28(3,27(29)32-6-2)34-25-17-15-24(16-18-25)33-20-19-21-7-9-22(10-8-21)23-11-13-26(14-12-23)35-36(4,30)31/h7-18H,5-6,19-20H2,1-4H3. The van der Waals surface area contributed by atoms with Crippen LogP contribution in [0.25, 0.3) is 11.1 Å². The van der Waals surface area contributed by atoms with Crippen molar-refractivity contribution >= 4 is 16.1 Å². The molecule has 0 bridgehead atoms. The molecule has 0 aliphatic rings. The van der Waals surface area contributed by atoms with Gasteiger partial charge in [0, 0.05) is 6.42 Å². The third kappa shape index (κ3) is 7.75. The van der Waals surface area contributed by atoms with Crippen molar-refractivity contribution in [2.45, 2.75) is 39.2 Å².